The third-order valence-corrected chi connectivity index (χ3v) is 2.89. The van der Waals surface area contributed by atoms with Crippen LogP contribution in [0.15, 0.2) is 36.4 Å². The zero-order valence-electron chi connectivity index (χ0n) is 10.3. The normalized spacial score (nSPS) is 10.2. The molecule has 0 radical (unpaired) electrons. The molecule has 98 valence electrons. The second kappa shape index (κ2) is 5.67. The summed E-state index contributed by atoms with van der Waals surface area (Å²) in [6, 6.07) is 10.5. The van der Waals surface area contributed by atoms with E-state index in [0.717, 1.165) is 5.56 Å². The van der Waals surface area contributed by atoms with Gasteiger partial charge in [-0.2, -0.15) is 0 Å². The molecular formula is C13H12ClN3O2. The van der Waals surface area contributed by atoms with Gasteiger partial charge in [0.1, 0.15) is 11.5 Å². The van der Waals surface area contributed by atoms with E-state index < -0.39 is 4.92 Å². The molecule has 6 heteroatoms. The quantitative estimate of drug-likeness (QED) is 0.685. The van der Waals surface area contributed by atoms with Crippen LogP contribution in [0.3, 0.4) is 0 Å². The molecule has 0 saturated heterocycles. The molecule has 0 aliphatic rings. The van der Waals surface area contributed by atoms with E-state index in [1.54, 1.807) is 13.0 Å². The van der Waals surface area contributed by atoms with E-state index in [1.807, 2.05) is 24.3 Å². The topological polar surface area (TPSA) is 68.1 Å². The van der Waals surface area contributed by atoms with Crippen LogP contribution in [0.4, 0.5) is 11.5 Å². The molecule has 0 bridgehead atoms. The first-order valence-electron chi connectivity index (χ1n) is 5.66. The van der Waals surface area contributed by atoms with Crippen molar-refractivity contribution in [2.24, 2.45) is 0 Å². The van der Waals surface area contributed by atoms with Crippen LogP contribution in [0.25, 0.3) is 0 Å². The molecule has 1 aromatic carbocycles. The second-order valence-corrected chi connectivity index (χ2v) is 4.47. The standard InChI is InChI=1S/C13H12ClN3O2/c1-9-12(17(18)19)6-7-13(16-9)15-8-10-2-4-11(14)5-3-10/h2-7H,8H2,1H3,(H,15,16). The molecule has 0 amide bonds. The van der Waals surface area contributed by atoms with Crippen LogP contribution in [-0.4, -0.2) is 9.91 Å². The largest absolute Gasteiger partial charge is 0.366 e. The highest BCUT2D eigenvalue weighted by Crippen LogP contribution is 2.18. The lowest BCUT2D eigenvalue weighted by atomic mass is 10.2. The Morgan fingerprint density at radius 2 is 1.95 bits per heavy atom. The second-order valence-electron chi connectivity index (χ2n) is 4.04. The summed E-state index contributed by atoms with van der Waals surface area (Å²) < 4.78 is 0. The van der Waals surface area contributed by atoms with Crippen molar-refractivity contribution in [2.45, 2.75) is 13.5 Å². The van der Waals surface area contributed by atoms with Crippen molar-refractivity contribution in [1.82, 2.24) is 4.98 Å². The first-order valence-corrected chi connectivity index (χ1v) is 6.04. The Hall–Kier alpha value is -2.14. The summed E-state index contributed by atoms with van der Waals surface area (Å²) in [7, 11) is 0. The lowest BCUT2D eigenvalue weighted by molar-refractivity contribution is -0.385. The maximum Gasteiger partial charge on any atom is 0.290 e. The van der Waals surface area contributed by atoms with Crippen LogP contribution in [0, 0.1) is 17.0 Å². The lowest BCUT2D eigenvalue weighted by Crippen LogP contribution is -2.03. The Morgan fingerprint density at radius 3 is 2.53 bits per heavy atom. The average molecular weight is 278 g/mol. The molecule has 0 saturated carbocycles. The van der Waals surface area contributed by atoms with Crippen molar-refractivity contribution in [3.63, 3.8) is 0 Å². The zero-order valence-corrected chi connectivity index (χ0v) is 11.0. The van der Waals surface area contributed by atoms with E-state index >= 15 is 0 Å². The Morgan fingerprint density at radius 1 is 1.26 bits per heavy atom. The SMILES string of the molecule is Cc1nc(NCc2ccc(Cl)cc2)ccc1[N+](=O)[O-]. The molecule has 19 heavy (non-hydrogen) atoms. The van der Waals surface area contributed by atoms with Gasteiger partial charge in [0, 0.05) is 17.6 Å². The van der Waals surface area contributed by atoms with Gasteiger partial charge in [-0.25, -0.2) is 4.98 Å². The van der Waals surface area contributed by atoms with Crippen LogP contribution in [0.2, 0.25) is 5.02 Å². The molecular weight excluding hydrogens is 266 g/mol. The van der Waals surface area contributed by atoms with E-state index in [-0.39, 0.29) is 5.69 Å². The highest BCUT2D eigenvalue weighted by Gasteiger charge is 2.11. The molecule has 1 heterocycles. The molecule has 0 spiro atoms. The maximum atomic E-state index is 10.7. The van der Waals surface area contributed by atoms with E-state index in [0.29, 0.717) is 23.1 Å². The number of nitrogens with one attached hydrogen (secondary N) is 1. The Labute approximate surface area is 115 Å². The van der Waals surface area contributed by atoms with Crippen molar-refractivity contribution in [2.75, 3.05) is 5.32 Å². The summed E-state index contributed by atoms with van der Waals surface area (Å²) in [6.07, 6.45) is 0. The molecule has 0 aliphatic heterocycles. The predicted octanol–water partition coefficient (Wildman–Crippen LogP) is 3.56. The number of aryl methyl sites for hydroxylation is 1. The van der Waals surface area contributed by atoms with Gasteiger partial charge in [-0.05, 0) is 30.7 Å². The van der Waals surface area contributed by atoms with Gasteiger partial charge in [0.25, 0.3) is 5.69 Å². The number of hydrogen-bond acceptors (Lipinski definition) is 4. The Kier molecular flexibility index (Phi) is 3.97. The summed E-state index contributed by atoms with van der Waals surface area (Å²) in [5.41, 5.74) is 1.48. The van der Waals surface area contributed by atoms with Crippen molar-refractivity contribution in [3.05, 3.63) is 62.8 Å². The fourth-order valence-corrected chi connectivity index (χ4v) is 1.77. The van der Waals surface area contributed by atoms with Crippen LogP contribution in [-0.2, 0) is 6.54 Å². The minimum absolute atomic E-state index is 0.0250. The number of rotatable bonds is 4. The zero-order chi connectivity index (χ0) is 13.8. The number of nitro groups is 1. The van der Waals surface area contributed by atoms with E-state index in [2.05, 4.69) is 10.3 Å². The van der Waals surface area contributed by atoms with Gasteiger partial charge < -0.3 is 5.32 Å². The Balaban J connectivity index is 2.06. The minimum Gasteiger partial charge on any atom is -0.366 e. The third kappa shape index (κ3) is 3.42. The van der Waals surface area contributed by atoms with Gasteiger partial charge in [-0.15, -0.1) is 0 Å². The number of nitrogens with zero attached hydrogens (tertiary/aromatic N) is 2. The summed E-state index contributed by atoms with van der Waals surface area (Å²) in [6.45, 7) is 2.20. The number of anilines is 1. The van der Waals surface area contributed by atoms with Crippen molar-refractivity contribution < 1.29 is 4.92 Å². The van der Waals surface area contributed by atoms with Crippen molar-refractivity contribution >= 4 is 23.1 Å². The van der Waals surface area contributed by atoms with Gasteiger partial charge >= 0.3 is 0 Å². The van der Waals surface area contributed by atoms with Gasteiger partial charge in [0.15, 0.2) is 0 Å². The summed E-state index contributed by atoms with van der Waals surface area (Å²) >= 11 is 5.80. The summed E-state index contributed by atoms with van der Waals surface area (Å²) in [5, 5.41) is 14.5. The third-order valence-electron chi connectivity index (χ3n) is 2.64. The van der Waals surface area contributed by atoms with Crippen LogP contribution >= 0.6 is 11.6 Å². The fourth-order valence-electron chi connectivity index (χ4n) is 1.64. The molecule has 0 fully saturated rings. The maximum absolute atomic E-state index is 10.7. The average Bonchev–Trinajstić information content (AvgIpc) is 2.37. The fraction of sp³-hybridized carbons (Fsp3) is 0.154. The number of aromatic nitrogens is 1. The summed E-state index contributed by atoms with van der Waals surface area (Å²) in [5.74, 6) is 0.609. The molecule has 2 aromatic rings. The molecule has 5 nitrogen and oxygen atoms in total. The minimum atomic E-state index is -0.439. The first kappa shape index (κ1) is 13.3. The van der Waals surface area contributed by atoms with Gasteiger partial charge in [-0.3, -0.25) is 10.1 Å². The molecule has 1 aromatic heterocycles. The van der Waals surface area contributed by atoms with Crippen LogP contribution in [0.1, 0.15) is 11.3 Å². The van der Waals surface area contributed by atoms with E-state index in [1.165, 1.54) is 6.07 Å². The number of pyridine rings is 1. The molecule has 2 rings (SSSR count). The van der Waals surface area contributed by atoms with Crippen LogP contribution in [0.5, 0.6) is 0 Å². The molecule has 0 unspecified atom stereocenters. The lowest BCUT2D eigenvalue weighted by Gasteiger charge is -2.06. The monoisotopic (exact) mass is 277 g/mol. The Bertz CT molecular complexity index is 599. The summed E-state index contributed by atoms with van der Waals surface area (Å²) in [4.78, 5) is 14.4. The van der Waals surface area contributed by atoms with Crippen LogP contribution < -0.4 is 5.32 Å². The molecule has 0 aliphatic carbocycles. The molecule has 1 N–H and O–H groups in total. The number of hydrogen-bond donors (Lipinski definition) is 1. The smallest absolute Gasteiger partial charge is 0.290 e. The number of benzene rings is 1. The first-order chi connectivity index (χ1) is 9.06. The van der Waals surface area contributed by atoms with Crippen molar-refractivity contribution in [3.8, 4) is 0 Å². The van der Waals surface area contributed by atoms with Gasteiger partial charge in [0.05, 0.1) is 4.92 Å². The van der Waals surface area contributed by atoms with Crippen molar-refractivity contribution in [1.29, 1.82) is 0 Å². The number of halogens is 1. The van der Waals surface area contributed by atoms with E-state index in [4.69, 9.17) is 11.6 Å². The highest BCUT2D eigenvalue weighted by atomic mass is 35.5. The van der Waals surface area contributed by atoms with Gasteiger partial charge in [-0.1, -0.05) is 23.7 Å². The molecule has 0 atom stereocenters. The highest BCUT2D eigenvalue weighted by molar-refractivity contribution is 6.30. The van der Waals surface area contributed by atoms with E-state index in [9.17, 15) is 10.1 Å². The van der Waals surface area contributed by atoms with Gasteiger partial charge in [0.2, 0.25) is 0 Å². The predicted molar refractivity (Wildman–Crippen MR) is 74.4 cm³/mol.